The van der Waals surface area contributed by atoms with Gasteiger partial charge in [-0.15, -0.1) is 0 Å². The van der Waals surface area contributed by atoms with Gasteiger partial charge in [0.2, 0.25) is 5.91 Å². The summed E-state index contributed by atoms with van der Waals surface area (Å²) in [7, 11) is 0. The molecule has 0 aliphatic carbocycles. The third-order valence-corrected chi connectivity index (χ3v) is 5.48. The Morgan fingerprint density at radius 3 is 2.81 bits per heavy atom. The van der Waals surface area contributed by atoms with Gasteiger partial charge in [0.25, 0.3) is 0 Å². The van der Waals surface area contributed by atoms with Gasteiger partial charge >= 0.3 is 6.09 Å². The molecule has 1 aromatic rings. The first-order chi connectivity index (χ1) is 12.7. The molecule has 0 saturated carbocycles. The fourth-order valence-electron chi connectivity index (χ4n) is 3.46. The monoisotopic (exact) mass is 379 g/mol. The first-order valence-corrected chi connectivity index (χ1v) is 9.17. The third-order valence-electron chi connectivity index (χ3n) is 5.48. The lowest BCUT2D eigenvalue weighted by Crippen LogP contribution is -2.49. The number of ether oxygens (including phenoxy) is 1. The van der Waals surface area contributed by atoms with Gasteiger partial charge in [0.1, 0.15) is 11.9 Å². The fraction of sp³-hybridized carbons (Fsp3) is 0.579. The highest BCUT2D eigenvalue weighted by Crippen LogP contribution is 2.33. The SMILES string of the molecule is CC(=O)NC[C@H]1CN(c2ccc(N3CCC(C)(O)C(C)C3)c(F)c2)C(=O)O1. The molecule has 7 nitrogen and oxygen atoms in total. The van der Waals surface area contributed by atoms with Crippen molar-refractivity contribution in [3.05, 3.63) is 24.0 Å². The third kappa shape index (κ3) is 4.16. The van der Waals surface area contributed by atoms with Crippen molar-refractivity contribution in [2.45, 2.75) is 38.9 Å². The molecule has 2 fully saturated rings. The number of rotatable bonds is 4. The number of aliphatic hydroxyl groups is 1. The highest BCUT2D eigenvalue weighted by atomic mass is 19.1. The van der Waals surface area contributed by atoms with E-state index >= 15 is 0 Å². The number of hydrogen-bond donors (Lipinski definition) is 2. The summed E-state index contributed by atoms with van der Waals surface area (Å²) in [6.07, 6.45) is -0.451. The second kappa shape index (κ2) is 7.34. The summed E-state index contributed by atoms with van der Waals surface area (Å²) in [6, 6.07) is 4.68. The van der Waals surface area contributed by atoms with Crippen LogP contribution in [0.2, 0.25) is 0 Å². The molecule has 2 unspecified atom stereocenters. The summed E-state index contributed by atoms with van der Waals surface area (Å²) >= 11 is 0. The quantitative estimate of drug-likeness (QED) is 0.835. The molecule has 0 radical (unpaired) electrons. The molecule has 148 valence electrons. The summed E-state index contributed by atoms with van der Waals surface area (Å²) in [6.45, 7) is 6.76. The van der Waals surface area contributed by atoms with E-state index in [4.69, 9.17) is 4.74 Å². The molecule has 2 heterocycles. The molecule has 27 heavy (non-hydrogen) atoms. The van der Waals surface area contributed by atoms with Crippen LogP contribution in [0.25, 0.3) is 0 Å². The summed E-state index contributed by atoms with van der Waals surface area (Å²) in [5, 5.41) is 12.9. The summed E-state index contributed by atoms with van der Waals surface area (Å²) in [5.74, 6) is -0.595. The number of benzene rings is 1. The Balaban J connectivity index is 1.70. The normalized spacial score (nSPS) is 28.3. The van der Waals surface area contributed by atoms with Crippen molar-refractivity contribution in [3.63, 3.8) is 0 Å². The minimum absolute atomic E-state index is 0.0217. The topological polar surface area (TPSA) is 82.1 Å². The smallest absolute Gasteiger partial charge is 0.414 e. The lowest BCUT2D eigenvalue weighted by atomic mass is 9.84. The molecular weight excluding hydrogens is 353 g/mol. The number of carbonyl (C=O) groups is 2. The van der Waals surface area contributed by atoms with Gasteiger partial charge in [0, 0.05) is 25.9 Å². The van der Waals surface area contributed by atoms with Gasteiger partial charge in [0.15, 0.2) is 0 Å². The largest absolute Gasteiger partial charge is 0.442 e. The van der Waals surface area contributed by atoms with Gasteiger partial charge in [-0.25, -0.2) is 9.18 Å². The maximum absolute atomic E-state index is 14.7. The van der Waals surface area contributed by atoms with Crippen LogP contribution in [0, 0.1) is 11.7 Å². The van der Waals surface area contributed by atoms with E-state index in [0.29, 0.717) is 30.9 Å². The molecule has 2 N–H and O–H groups in total. The Bertz CT molecular complexity index is 740. The highest BCUT2D eigenvalue weighted by Gasteiger charge is 2.36. The van der Waals surface area contributed by atoms with E-state index in [-0.39, 0.29) is 24.9 Å². The van der Waals surface area contributed by atoms with Crippen molar-refractivity contribution >= 4 is 23.4 Å². The van der Waals surface area contributed by atoms with Crippen molar-refractivity contribution < 1.29 is 23.8 Å². The molecule has 1 aromatic carbocycles. The van der Waals surface area contributed by atoms with Crippen LogP contribution >= 0.6 is 0 Å². The Morgan fingerprint density at radius 2 is 2.19 bits per heavy atom. The molecule has 3 rings (SSSR count). The lowest BCUT2D eigenvalue weighted by molar-refractivity contribution is -0.119. The Labute approximate surface area is 158 Å². The molecule has 2 saturated heterocycles. The minimum Gasteiger partial charge on any atom is -0.442 e. The molecule has 0 bridgehead atoms. The number of amides is 2. The molecule has 0 spiro atoms. The van der Waals surface area contributed by atoms with Crippen LogP contribution < -0.4 is 15.1 Å². The van der Waals surface area contributed by atoms with Crippen LogP contribution in [0.1, 0.15) is 27.2 Å². The molecule has 3 atom stereocenters. The maximum atomic E-state index is 14.7. The fourth-order valence-corrected chi connectivity index (χ4v) is 3.46. The van der Waals surface area contributed by atoms with Crippen LogP contribution in [-0.2, 0) is 9.53 Å². The van der Waals surface area contributed by atoms with Crippen LogP contribution in [0.5, 0.6) is 0 Å². The predicted molar refractivity (Wildman–Crippen MR) is 99.3 cm³/mol. The van der Waals surface area contributed by atoms with Crippen molar-refractivity contribution in [3.8, 4) is 0 Å². The van der Waals surface area contributed by atoms with Gasteiger partial charge < -0.3 is 20.1 Å². The number of hydrogen-bond acceptors (Lipinski definition) is 5. The van der Waals surface area contributed by atoms with E-state index < -0.39 is 23.6 Å². The van der Waals surface area contributed by atoms with Gasteiger partial charge in [-0.3, -0.25) is 9.69 Å². The second-order valence-corrected chi connectivity index (χ2v) is 7.64. The number of nitrogens with zero attached hydrogens (tertiary/aromatic N) is 2. The average Bonchev–Trinajstić information content (AvgIpc) is 2.96. The Hall–Kier alpha value is -2.35. The zero-order valence-electron chi connectivity index (χ0n) is 15.9. The highest BCUT2D eigenvalue weighted by molar-refractivity contribution is 5.90. The molecular formula is C19H26FN3O4. The first-order valence-electron chi connectivity index (χ1n) is 9.17. The summed E-state index contributed by atoms with van der Waals surface area (Å²) in [4.78, 5) is 26.4. The Morgan fingerprint density at radius 1 is 1.44 bits per heavy atom. The van der Waals surface area contributed by atoms with Crippen molar-refractivity contribution in [2.75, 3.05) is 36.0 Å². The predicted octanol–water partition coefficient (Wildman–Crippen LogP) is 1.88. The van der Waals surface area contributed by atoms with Crippen LogP contribution in [0.4, 0.5) is 20.6 Å². The Kier molecular flexibility index (Phi) is 5.28. The van der Waals surface area contributed by atoms with Crippen LogP contribution in [0.15, 0.2) is 18.2 Å². The number of cyclic esters (lactones) is 1. The number of halogens is 1. The van der Waals surface area contributed by atoms with Crippen molar-refractivity contribution in [1.29, 1.82) is 0 Å². The number of nitrogens with one attached hydrogen (secondary N) is 1. The van der Waals surface area contributed by atoms with E-state index in [9.17, 15) is 19.1 Å². The zero-order valence-corrected chi connectivity index (χ0v) is 15.9. The maximum Gasteiger partial charge on any atom is 0.414 e. The van der Waals surface area contributed by atoms with Crippen molar-refractivity contribution in [2.24, 2.45) is 5.92 Å². The first kappa shape index (κ1) is 19.4. The molecule has 2 aliphatic heterocycles. The van der Waals surface area contributed by atoms with E-state index in [0.717, 1.165) is 0 Å². The van der Waals surface area contributed by atoms with Gasteiger partial charge in [-0.05, 0) is 31.5 Å². The number of anilines is 2. The zero-order chi connectivity index (χ0) is 19.8. The van der Waals surface area contributed by atoms with E-state index in [2.05, 4.69) is 5.32 Å². The van der Waals surface area contributed by atoms with Crippen molar-refractivity contribution in [1.82, 2.24) is 5.32 Å². The van der Waals surface area contributed by atoms with E-state index in [1.807, 2.05) is 18.7 Å². The standard InChI is InChI=1S/C19H26FN3O4/c1-12-10-22(7-6-19(12,3)26)17-5-4-14(8-16(17)20)23-11-15(27-18(23)25)9-21-13(2)24/h4-5,8,12,15,26H,6-7,9-11H2,1-3H3,(H,21,24)/t12?,15-,19?/m0/s1. The molecule has 2 amide bonds. The molecule has 0 aromatic heterocycles. The van der Waals surface area contributed by atoms with Crippen LogP contribution in [-0.4, -0.2) is 55.0 Å². The summed E-state index contributed by atoms with van der Waals surface area (Å²) < 4.78 is 20.0. The average molecular weight is 379 g/mol. The van der Waals surface area contributed by atoms with E-state index in [1.165, 1.54) is 17.9 Å². The summed E-state index contributed by atoms with van der Waals surface area (Å²) in [5.41, 5.74) is 0.141. The number of piperidine rings is 1. The lowest BCUT2D eigenvalue weighted by Gasteiger charge is -2.42. The van der Waals surface area contributed by atoms with Gasteiger partial charge in [-0.2, -0.15) is 0 Å². The second-order valence-electron chi connectivity index (χ2n) is 7.64. The number of carbonyl (C=O) groups excluding carboxylic acids is 2. The van der Waals surface area contributed by atoms with Crippen LogP contribution in [0.3, 0.4) is 0 Å². The van der Waals surface area contributed by atoms with Gasteiger partial charge in [0.05, 0.1) is 30.1 Å². The van der Waals surface area contributed by atoms with Gasteiger partial charge in [-0.1, -0.05) is 6.92 Å². The molecule has 8 heteroatoms. The minimum atomic E-state index is -0.741. The molecule has 2 aliphatic rings. The van der Waals surface area contributed by atoms with E-state index in [1.54, 1.807) is 12.1 Å².